The van der Waals surface area contributed by atoms with Crippen molar-refractivity contribution >= 4 is 23.2 Å². The second-order valence-electron chi connectivity index (χ2n) is 6.64. The van der Waals surface area contributed by atoms with Gasteiger partial charge in [-0.3, -0.25) is 9.59 Å². The molecule has 0 N–H and O–H groups in total. The van der Waals surface area contributed by atoms with Gasteiger partial charge in [-0.2, -0.15) is 0 Å². The Bertz CT molecular complexity index is 761. The maximum atomic E-state index is 12.7. The van der Waals surface area contributed by atoms with E-state index in [0.717, 1.165) is 22.5 Å². The van der Waals surface area contributed by atoms with Gasteiger partial charge in [-0.1, -0.05) is 35.9 Å². The highest BCUT2D eigenvalue weighted by Crippen LogP contribution is 2.27. The Balaban J connectivity index is 2.19. The maximum absolute atomic E-state index is 12.7. The van der Waals surface area contributed by atoms with E-state index >= 15 is 0 Å². The van der Waals surface area contributed by atoms with Gasteiger partial charge in [-0.05, 0) is 51.0 Å². The molecule has 2 rings (SSSR count). The van der Waals surface area contributed by atoms with Crippen molar-refractivity contribution in [3.63, 3.8) is 0 Å². The van der Waals surface area contributed by atoms with E-state index in [4.69, 9.17) is 0 Å². The van der Waals surface area contributed by atoms with E-state index in [1.165, 1.54) is 5.56 Å². The van der Waals surface area contributed by atoms with E-state index in [0.29, 0.717) is 13.1 Å². The molecule has 2 aromatic rings. The zero-order valence-electron chi connectivity index (χ0n) is 16.4. The van der Waals surface area contributed by atoms with Crippen LogP contribution in [0, 0.1) is 20.8 Å². The summed E-state index contributed by atoms with van der Waals surface area (Å²) >= 11 is 0. The summed E-state index contributed by atoms with van der Waals surface area (Å²) in [6.45, 7) is 10.6. The second-order valence-corrected chi connectivity index (χ2v) is 6.64. The number of aryl methyl sites for hydroxylation is 3. The number of carbonyl (C=O) groups is 2. The Kier molecular flexibility index (Phi) is 6.56. The number of para-hydroxylation sites is 1. The van der Waals surface area contributed by atoms with Crippen LogP contribution in [0.5, 0.6) is 0 Å². The van der Waals surface area contributed by atoms with E-state index in [1.807, 2.05) is 58.0 Å². The molecule has 0 heterocycles. The number of rotatable bonds is 6. The zero-order valence-corrected chi connectivity index (χ0v) is 16.4. The van der Waals surface area contributed by atoms with Gasteiger partial charge < -0.3 is 9.80 Å². The molecule has 2 amide bonds. The molecule has 0 fully saturated rings. The quantitative estimate of drug-likeness (QED) is 0.773. The lowest BCUT2D eigenvalue weighted by atomic mass is 10.0. The van der Waals surface area contributed by atoms with Crippen LogP contribution in [0.15, 0.2) is 42.5 Å². The van der Waals surface area contributed by atoms with Crippen LogP contribution in [0.1, 0.15) is 37.0 Å². The Labute approximate surface area is 156 Å². The fourth-order valence-corrected chi connectivity index (χ4v) is 3.48. The zero-order chi connectivity index (χ0) is 19.3. The minimum absolute atomic E-state index is 0.0207. The topological polar surface area (TPSA) is 40.6 Å². The van der Waals surface area contributed by atoms with E-state index in [1.54, 1.807) is 16.7 Å². The summed E-state index contributed by atoms with van der Waals surface area (Å²) in [6.07, 6.45) is 0.287. The predicted octanol–water partition coefficient (Wildman–Crippen LogP) is 4.41. The molecule has 0 radical (unpaired) electrons. The third-order valence-corrected chi connectivity index (χ3v) is 4.52. The summed E-state index contributed by atoms with van der Waals surface area (Å²) in [4.78, 5) is 28.5. The normalized spacial score (nSPS) is 10.5. The third-order valence-electron chi connectivity index (χ3n) is 4.52. The highest BCUT2D eigenvalue weighted by Gasteiger charge is 2.20. The van der Waals surface area contributed by atoms with Gasteiger partial charge in [0.05, 0.1) is 0 Å². The van der Waals surface area contributed by atoms with E-state index < -0.39 is 0 Å². The standard InChI is InChI=1S/C22H28N2O2/c1-6-23(20-10-8-7-9-11-20)21(26)12-13-24(19(5)25)22-17(3)14-16(2)15-18(22)4/h7-11,14-15H,6,12-13H2,1-5H3. The Morgan fingerprint density at radius 1 is 0.923 bits per heavy atom. The number of hydrogen-bond donors (Lipinski definition) is 0. The molecule has 0 aliphatic carbocycles. The molecule has 0 aromatic heterocycles. The molecule has 2 aromatic carbocycles. The molecule has 0 saturated heterocycles. The number of nitrogens with zero attached hydrogens (tertiary/aromatic N) is 2. The summed E-state index contributed by atoms with van der Waals surface area (Å²) in [7, 11) is 0. The first-order chi connectivity index (χ1) is 12.3. The van der Waals surface area contributed by atoms with Gasteiger partial charge >= 0.3 is 0 Å². The first-order valence-electron chi connectivity index (χ1n) is 9.06. The van der Waals surface area contributed by atoms with E-state index in [9.17, 15) is 9.59 Å². The van der Waals surface area contributed by atoms with Gasteiger partial charge in [0.15, 0.2) is 0 Å². The lowest BCUT2D eigenvalue weighted by Crippen LogP contribution is -2.37. The average Bonchev–Trinajstić information content (AvgIpc) is 2.58. The molecule has 0 aliphatic heterocycles. The lowest BCUT2D eigenvalue weighted by molar-refractivity contribution is -0.118. The highest BCUT2D eigenvalue weighted by atomic mass is 16.2. The van der Waals surface area contributed by atoms with Crippen LogP contribution in [0.3, 0.4) is 0 Å². The van der Waals surface area contributed by atoms with Crippen molar-refractivity contribution in [3.8, 4) is 0 Å². The smallest absolute Gasteiger partial charge is 0.228 e. The summed E-state index contributed by atoms with van der Waals surface area (Å²) < 4.78 is 0. The van der Waals surface area contributed by atoms with Crippen molar-refractivity contribution in [2.45, 2.75) is 41.0 Å². The van der Waals surface area contributed by atoms with Crippen LogP contribution < -0.4 is 9.80 Å². The van der Waals surface area contributed by atoms with Crippen LogP contribution in [0.2, 0.25) is 0 Å². The van der Waals surface area contributed by atoms with E-state index in [2.05, 4.69) is 12.1 Å². The summed E-state index contributed by atoms with van der Waals surface area (Å²) in [5.41, 5.74) is 5.08. The Hall–Kier alpha value is -2.62. The predicted molar refractivity (Wildman–Crippen MR) is 108 cm³/mol. The molecule has 0 bridgehead atoms. The van der Waals surface area contributed by atoms with Crippen molar-refractivity contribution in [2.75, 3.05) is 22.9 Å². The fourth-order valence-electron chi connectivity index (χ4n) is 3.48. The van der Waals surface area contributed by atoms with Gasteiger partial charge in [0.2, 0.25) is 11.8 Å². The minimum atomic E-state index is -0.0457. The molecule has 0 spiro atoms. The van der Waals surface area contributed by atoms with Gasteiger partial charge in [-0.25, -0.2) is 0 Å². The summed E-state index contributed by atoms with van der Waals surface area (Å²) in [5, 5.41) is 0. The van der Waals surface area contributed by atoms with Gasteiger partial charge in [0, 0.05) is 37.8 Å². The van der Waals surface area contributed by atoms with Crippen molar-refractivity contribution in [1.82, 2.24) is 0 Å². The number of carbonyl (C=O) groups excluding carboxylic acids is 2. The van der Waals surface area contributed by atoms with Crippen LogP contribution in [-0.2, 0) is 9.59 Å². The first-order valence-corrected chi connectivity index (χ1v) is 9.06. The summed E-state index contributed by atoms with van der Waals surface area (Å²) in [6, 6.07) is 13.8. The first kappa shape index (κ1) is 19.7. The molecular weight excluding hydrogens is 324 g/mol. The molecule has 0 unspecified atom stereocenters. The molecular formula is C22H28N2O2. The third kappa shape index (κ3) is 4.51. The second kappa shape index (κ2) is 8.65. The Morgan fingerprint density at radius 2 is 1.50 bits per heavy atom. The maximum Gasteiger partial charge on any atom is 0.228 e. The summed E-state index contributed by atoms with van der Waals surface area (Å²) in [5.74, 6) is -0.0250. The fraction of sp³-hybridized carbons (Fsp3) is 0.364. The largest absolute Gasteiger partial charge is 0.313 e. The van der Waals surface area contributed by atoms with Crippen molar-refractivity contribution < 1.29 is 9.59 Å². The number of benzene rings is 2. The molecule has 0 saturated carbocycles. The van der Waals surface area contributed by atoms with Crippen LogP contribution in [0.25, 0.3) is 0 Å². The SMILES string of the molecule is CCN(C(=O)CCN(C(C)=O)c1c(C)cc(C)cc1C)c1ccccc1. The van der Waals surface area contributed by atoms with Crippen LogP contribution in [0.4, 0.5) is 11.4 Å². The van der Waals surface area contributed by atoms with Crippen molar-refractivity contribution in [2.24, 2.45) is 0 Å². The van der Waals surface area contributed by atoms with Gasteiger partial charge in [0.25, 0.3) is 0 Å². The molecule has 0 atom stereocenters. The minimum Gasteiger partial charge on any atom is -0.313 e. The number of hydrogen-bond acceptors (Lipinski definition) is 2. The van der Waals surface area contributed by atoms with Crippen LogP contribution >= 0.6 is 0 Å². The van der Waals surface area contributed by atoms with Gasteiger partial charge in [-0.15, -0.1) is 0 Å². The monoisotopic (exact) mass is 352 g/mol. The molecule has 4 nitrogen and oxygen atoms in total. The number of amides is 2. The molecule has 138 valence electrons. The molecule has 4 heteroatoms. The highest BCUT2D eigenvalue weighted by molar-refractivity contribution is 5.96. The van der Waals surface area contributed by atoms with E-state index in [-0.39, 0.29) is 18.2 Å². The average molecular weight is 352 g/mol. The molecule has 26 heavy (non-hydrogen) atoms. The Morgan fingerprint density at radius 3 is 2.00 bits per heavy atom. The lowest BCUT2D eigenvalue weighted by Gasteiger charge is -2.27. The van der Waals surface area contributed by atoms with Crippen molar-refractivity contribution in [1.29, 1.82) is 0 Å². The van der Waals surface area contributed by atoms with Crippen LogP contribution in [-0.4, -0.2) is 24.9 Å². The van der Waals surface area contributed by atoms with Gasteiger partial charge in [0.1, 0.15) is 0 Å². The molecule has 0 aliphatic rings. The van der Waals surface area contributed by atoms with Crippen molar-refractivity contribution in [3.05, 3.63) is 59.2 Å². The number of anilines is 2.